The Labute approximate surface area is 227 Å². The summed E-state index contributed by atoms with van der Waals surface area (Å²) < 4.78 is 5.95. The van der Waals surface area contributed by atoms with E-state index in [4.69, 9.17) is 4.74 Å². The Morgan fingerprint density at radius 1 is 0.974 bits per heavy atom. The summed E-state index contributed by atoms with van der Waals surface area (Å²) in [7, 11) is 0. The number of amides is 3. The number of hydrogen-bond donors (Lipinski definition) is 3. The van der Waals surface area contributed by atoms with E-state index in [1.807, 2.05) is 31.2 Å². The molecule has 1 aliphatic carbocycles. The van der Waals surface area contributed by atoms with Crippen LogP contribution < -0.4 is 20.7 Å². The van der Waals surface area contributed by atoms with Gasteiger partial charge in [0.2, 0.25) is 17.7 Å². The van der Waals surface area contributed by atoms with Crippen LogP contribution in [-0.2, 0) is 20.8 Å². The first kappa shape index (κ1) is 28.4. The van der Waals surface area contributed by atoms with Crippen molar-refractivity contribution in [3.8, 4) is 5.75 Å². The summed E-state index contributed by atoms with van der Waals surface area (Å²) in [5.41, 5.74) is 1.04. The number of hydrogen-bond acceptors (Lipinski definition) is 5. The average Bonchev–Trinajstić information content (AvgIpc) is 3.43. The van der Waals surface area contributed by atoms with Crippen LogP contribution in [-0.4, -0.2) is 67.0 Å². The fourth-order valence-corrected chi connectivity index (χ4v) is 5.84. The molecule has 0 spiro atoms. The molecule has 8 heteroatoms. The monoisotopic (exact) mass is 526 g/mol. The van der Waals surface area contributed by atoms with Crippen LogP contribution in [0.1, 0.15) is 83.1 Å². The van der Waals surface area contributed by atoms with Crippen molar-refractivity contribution in [1.29, 1.82) is 0 Å². The average molecular weight is 527 g/mol. The zero-order chi connectivity index (χ0) is 26.7. The van der Waals surface area contributed by atoms with Gasteiger partial charge < -0.3 is 25.6 Å². The topological polar surface area (TPSA) is 99.8 Å². The lowest BCUT2D eigenvalue weighted by molar-refractivity contribution is -0.133. The quantitative estimate of drug-likeness (QED) is 0.547. The highest BCUT2D eigenvalue weighted by atomic mass is 16.5. The molecule has 1 aromatic carbocycles. The number of carbonyl (C=O) groups excluding carboxylic acids is 3. The van der Waals surface area contributed by atoms with Crippen molar-refractivity contribution in [2.45, 2.75) is 102 Å². The van der Waals surface area contributed by atoms with Gasteiger partial charge in [-0.05, 0) is 88.6 Å². The van der Waals surface area contributed by atoms with Gasteiger partial charge in [-0.3, -0.25) is 14.4 Å². The van der Waals surface area contributed by atoms with Gasteiger partial charge in [-0.1, -0.05) is 38.3 Å². The van der Waals surface area contributed by atoms with Crippen molar-refractivity contribution in [3.05, 3.63) is 29.8 Å². The Balaban J connectivity index is 1.49. The maximum Gasteiger partial charge on any atom is 0.243 e. The number of likely N-dealkylation sites (tertiary alicyclic amines) is 1. The van der Waals surface area contributed by atoms with E-state index in [1.54, 1.807) is 0 Å². The normalized spacial score (nSPS) is 26.7. The minimum Gasteiger partial charge on any atom is -0.494 e. The molecule has 2 aliphatic heterocycles. The summed E-state index contributed by atoms with van der Waals surface area (Å²) in [6.07, 6.45) is 11.0. The third-order valence-electron chi connectivity index (χ3n) is 8.19. The number of nitrogens with one attached hydrogen (secondary N) is 3. The minimum atomic E-state index is -0.670. The van der Waals surface area contributed by atoms with Crippen LogP contribution in [0.5, 0.6) is 5.75 Å². The molecular formula is C30H46N4O4. The molecule has 3 atom stereocenters. The largest absolute Gasteiger partial charge is 0.494 e. The van der Waals surface area contributed by atoms with Gasteiger partial charge in [0.05, 0.1) is 6.61 Å². The van der Waals surface area contributed by atoms with Crippen LogP contribution >= 0.6 is 0 Å². The zero-order valence-corrected chi connectivity index (χ0v) is 23.0. The molecule has 4 rings (SSSR count). The first-order valence-electron chi connectivity index (χ1n) is 14.8. The van der Waals surface area contributed by atoms with Crippen LogP contribution in [0.3, 0.4) is 0 Å². The highest BCUT2D eigenvalue weighted by molar-refractivity contribution is 5.92. The van der Waals surface area contributed by atoms with Crippen molar-refractivity contribution in [2.24, 2.45) is 5.92 Å². The molecule has 0 unspecified atom stereocenters. The Morgan fingerprint density at radius 2 is 1.74 bits per heavy atom. The Hall–Kier alpha value is -2.61. The molecule has 3 N–H and O–H groups in total. The molecule has 3 aliphatic rings. The van der Waals surface area contributed by atoms with Gasteiger partial charge in [0, 0.05) is 18.5 Å². The second-order valence-electron chi connectivity index (χ2n) is 11.4. The van der Waals surface area contributed by atoms with Gasteiger partial charge in [-0.25, -0.2) is 0 Å². The Bertz CT molecular complexity index is 927. The minimum absolute atomic E-state index is 0.116. The summed E-state index contributed by atoms with van der Waals surface area (Å²) in [6.45, 7) is 5.25. The first-order chi connectivity index (χ1) is 18.5. The second kappa shape index (κ2) is 14.5. The molecule has 3 amide bonds. The van der Waals surface area contributed by atoms with E-state index in [-0.39, 0.29) is 29.7 Å². The van der Waals surface area contributed by atoms with E-state index in [1.165, 1.54) is 19.3 Å². The van der Waals surface area contributed by atoms with E-state index in [2.05, 4.69) is 20.9 Å². The number of fused-ring (bicyclic) bond motifs is 2. The molecule has 1 saturated heterocycles. The summed E-state index contributed by atoms with van der Waals surface area (Å²) in [6, 6.07) is 6.79. The number of benzene rings is 1. The molecule has 8 nitrogen and oxygen atoms in total. The van der Waals surface area contributed by atoms with Crippen LogP contribution in [0.2, 0.25) is 0 Å². The van der Waals surface area contributed by atoms with E-state index < -0.39 is 12.1 Å². The fraction of sp³-hybridized carbons (Fsp3) is 0.700. The van der Waals surface area contributed by atoms with Crippen LogP contribution in [0.25, 0.3) is 0 Å². The summed E-state index contributed by atoms with van der Waals surface area (Å²) >= 11 is 0. The van der Waals surface area contributed by atoms with E-state index in [9.17, 15) is 14.4 Å². The Morgan fingerprint density at radius 3 is 2.53 bits per heavy atom. The maximum absolute atomic E-state index is 13.6. The van der Waals surface area contributed by atoms with Crippen molar-refractivity contribution >= 4 is 17.7 Å². The van der Waals surface area contributed by atoms with Crippen molar-refractivity contribution in [3.63, 3.8) is 0 Å². The van der Waals surface area contributed by atoms with Crippen molar-refractivity contribution in [1.82, 2.24) is 20.9 Å². The van der Waals surface area contributed by atoms with Gasteiger partial charge in [0.15, 0.2) is 0 Å². The smallest absolute Gasteiger partial charge is 0.243 e. The van der Waals surface area contributed by atoms with Crippen LogP contribution in [0.4, 0.5) is 0 Å². The zero-order valence-electron chi connectivity index (χ0n) is 23.0. The van der Waals surface area contributed by atoms with E-state index >= 15 is 0 Å². The second-order valence-corrected chi connectivity index (χ2v) is 11.4. The van der Waals surface area contributed by atoms with Crippen LogP contribution in [0.15, 0.2) is 24.3 Å². The molecule has 0 aromatic heterocycles. The summed E-state index contributed by atoms with van der Waals surface area (Å²) in [5.74, 6) is -0.0292. The van der Waals surface area contributed by atoms with Gasteiger partial charge in [-0.2, -0.15) is 0 Å². The molecule has 1 saturated carbocycles. The van der Waals surface area contributed by atoms with Gasteiger partial charge >= 0.3 is 0 Å². The molecule has 2 heterocycles. The third kappa shape index (κ3) is 8.72. The van der Waals surface area contributed by atoms with Gasteiger partial charge in [0.1, 0.15) is 17.8 Å². The predicted octanol–water partition coefficient (Wildman–Crippen LogP) is 3.33. The lowest BCUT2D eigenvalue weighted by atomic mass is 9.99. The van der Waals surface area contributed by atoms with Gasteiger partial charge in [0.25, 0.3) is 0 Å². The molecule has 2 bridgehead atoms. The van der Waals surface area contributed by atoms with Crippen molar-refractivity contribution in [2.75, 3.05) is 26.2 Å². The van der Waals surface area contributed by atoms with E-state index in [0.717, 1.165) is 69.5 Å². The lowest BCUT2D eigenvalue weighted by Gasteiger charge is -2.29. The maximum atomic E-state index is 13.6. The molecule has 2 fully saturated rings. The standard InChI is InChI=1S/C30H46N4O4/c1-22-20-23-10-9-13-25(21-23)38-19-8-5-14-26(29(36)31-24-11-3-4-12-24)33-30(37)27(32-28(22)35)15-18-34-16-6-2-7-17-34/h9-10,13,21-22,24,26-27H,2-8,11-12,14-20H2,1H3,(H,31,36)(H,32,35)(H,33,37)/t22-,26-,27-/m0/s1. The van der Waals surface area contributed by atoms with Crippen LogP contribution in [0, 0.1) is 5.92 Å². The molecular weight excluding hydrogens is 480 g/mol. The first-order valence-corrected chi connectivity index (χ1v) is 14.8. The molecule has 0 radical (unpaired) electrons. The molecule has 210 valence electrons. The number of nitrogens with zero attached hydrogens (tertiary/aromatic N) is 1. The molecule has 38 heavy (non-hydrogen) atoms. The SMILES string of the molecule is C[C@H]1Cc2cccc(c2)OCCCC[C@@H](C(=O)NC2CCCC2)NC(=O)[C@H](CCN2CCCCC2)NC1=O. The number of rotatable bonds is 5. The highest BCUT2D eigenvalue weighted by Gasteiger charge is 2.30. The number of ether oxygens (including phenoxy) is 1. The Kier molecular flexibility index (Phi) is 10.9. The van der Waals surface area contributed by atoms with E-state index in [0.29, 0.717) is 25.9 Å². The van der Waals surface area contributed by atoms with Gasteiger partial charge in [-0.15, -0.1) is 0 Å². The number of piperidine rings is 1. The summed E-state index contributed by atoms with van der Waals surface area (Å²) in [5, 5.41) is 9.22. The summed E-state index contributed by atoms with van der Waals surface area (Å²) in [4.78, 5) is 42.4. The van der Waals surface area contributed by atoms with Crippen molar-refractivity contribution < 1.29 is 19.1 Å². The third-order valence-corrected chi connectivity index (χ3v) is 8.19. The fourth-order valence-electron chi connectivity index (χ4n) is 5.84. The predicted molar refractivity (Wildman–Crippen MR) is 148 cm³/mol. The molecule has 1 aromatic rings. The number of carbonyl (C=O) groups is 3. The highest BCUT2D eigenvalue weighted by Crippen LogP contribution is 2.20. The lowest BCUT2D eigenvalue weighted by Crippen LogP contribution is -2.55.